The third kappa shape index (κ3) is 7.11. The summed E-state index contributed by atoms with van der Waals surface area (Å²) in [7, 11) is 0. The van der Waals surface area contributed by atoms with E-state index in [1.54, 1.807) is 0 Å². The first-order valence-corrected chi connectivity index (χ1v) is 14.6. The van der Waals surface area contributed by atoms with E-state index >= 15 is 0 Å². The van der Waals surface area contributed by atoms with Crippen LogP contribution in [-0.4, -0.2) is 105 Å². The van der Waals surface area contributed by atoms with Gasteiger partial charge in [0.1, 0.15) is 61.9 Å². The summed E-state index contributed by atoms with van der Waals surface area (Å²) in [4.78, 5) is 18.0. The van der Waals surface area contributed by atoms with Crippen LogP contribution in [0, 0.1) is 5.82 Å². The number of ether oxygens (including phenoxy) is 4. The highest BCUT2D eigenvalue weighted by Crippen LogP contribution is 2.34. The quantitative estimate of drug-likeness (QED) is 0.128. The molecule has 6 N–H and O–H groups in total. The van der Waals surface area contributed by atoms with Gasteiger partial charge in [0.25, 0.3) is 0 Å². The predicted molar refractivity (Wildman–Crippen MR) is 156 cm³/mol. The van der Waals surface area contributed by atoms with Gasteiger partial charge in [0.15, 0.2) is 17.7 Å². The number of fused-ring (bicyclic) bond motifs is 1. The van der Waals surface area contributed by atoms with Crippen LogP contribution in [0.2, 0.25) is 5.02 Å². The molecular weight excluding hydrogens is 638 g/mol. The fourth-order valence-corrected chi connectivity index (χ4v) is 5.53. The highest BCUT2D eigenvalue weighted by molar-refractivity contribution is 6.31. The molecule has 0 unspecified atom stereocenters. The Morgan fingerprint density at radius 1 is 1.07 bits per heavy atom. The van der Waals surface area contributed by atoms with Crippen molar-refractivity contribution in [3.63, 3.8) is 0 Å². The van der Waals surface area contributed by atoms with Crippen LogP contribution in [0.1, 0.15) is 25.0 Å². The van der Waals surface area contributed by atoms with Crippen molar-refractivity contribution in [2.75, 3.05) is 6.79 Å². The van der Waals surface area contributed by atoms with Crippen LogP contribution < -0.4 is 10.1 Å². The molecule has 0 aromatic heterocycles. The van der Waals surface area contributed by atoms with E-state index in [1.165, 1.54) is 56.3 Å². The van der Waals surface area contributed by atoms with Crippen molar-refractivity contribution in [2.24, 2.45) is 5.16 Å². The van der Waals surface area contributed by atoms with Crippen LogP contribution >= 0.6 is 11.6 Å². The summed E-state index contributed by atoms with van der Waals surface area (Å²) < 4.78 is 49.8. The van der Waals surface area contributed by atoms with Crippen LogP contribution in [0.15, 0.2) is 47.1 Å². The second-order valence-electron chi connectivity index (χ2n) is 11.1. The molecule has 1 aliphatic carbocycles. The number of aliphatic hydroxyl groups is 4. The first-order valence-electron chi connectivity index (χ1n) is 14.2. The molecule has 2 aromatic rings. The Morgan fingerprint density at radius 3 is 2.50 bits per heavy atom. The molecule has 1 amide bonds. The topological polar surface area (TPSA) is 189 Å². The van der Waals surface area contributed by atoms with E-state index in [0.717, 1.165) is 0 Å². The zero-order valence-corrected chi connectivity index (χ0v) is 25.3. The van der Waals surface area contributed by atoms with Crippen molar-refractivity contribution < 1.29 is 62.9 Å². The molecule has 2 aliphatic heterocycles. The van der Waals surface area contributed by atoms with Gasteiger partial charge in [-0.15, -0.1) is 0 Å². The van der Waals surface area contributed by atoms with Gasteiger partial charge in [0, 0.05) is 16.2 Å². The normalized spacial score (nSPS) is 33.1. The number of phenolic OH excluding ortho intramolecular Hbond substituents is 1. The van der Waals surface area contributed by atoms with Gasteiger partial charge in [0.2, 0.25) is 12.2 Å². The van der Waals surface area contributed by atoms with E-state index in [4.69, 9.17) is 35.4 Å². The van der Waals surface area contributed by atoms with E-state index in [9.17, 15) is 39.1 Å². The van der Waals surface area contributed by atoms with Crippen LogP contribution in [0.5, 0.6) is 11.5 Å². The standard InChI is InChI=1S/C30H33ClF2N2O11/c1-12(29(41)34-21-23(38)25(40)28-27(24(21)39)42-11-43-28)7-14-3-6-19(18(36)8-14)45-30-20(33)22(37)26(46-30)13(2)35-44-10-15-9-16(32)4-5-17(15)31/h3-9,20-28,30,36-40H,10-11H2,1-2H3,(H,34,41)/t20-,21+,22-,23-,24+,25+,26+,27-,28+,30+/m0/s1. The number of hydrogen-bond donors (Lipinski definition) is 6. The van der Waals surface area contributed by atoms with Crippen molar-refractivity contribution in [1.82, 2.24) is 5.32 Å². The van der Waals surface area contributed by atoms with Crippen molar-refractivity contribution >= 4 is 29.3 Å². The zero-order chi connectivity index (χ0) is 33.3. The highest BCUT2D eigenvalue weighted by Gasteiger charge is 2.53. The Morgan fingerprint density at radius 2 is 1.78 bits per heavy atom. The minimum Gasteiger partial charge on any atom is -0.504 e. The molecule has 16 heteroatoms. The number of benzene rings is 2. The van der Waals surface area contributed by atoms with Gasteiger partial charge < -0.3 is 54.6 Å². The number of aliphatic hydroxyl groups excluding tert-OH is 4. The summed E-state index contributed by atoms with van der Waals surface area (Å²) in [6.07, 6.45) is -11.3. The lowest BCUT2D eigenvalue weighted by molar-refractivity contribution is -0.155. The summed E-state index contributed by atoms with van der Waals surface area (Å²) in [5.74, 6) is -1.80. The van der Waals surface area contributed by atoms with Crippen LogP contribution in [0.3, 0.4) is 0 Å². The van der Waals surface area contributed by atoms with Crippen molar-refractivity contribution in [1.29, 1.82) is 0 Å². The first kappa shape index (κ1) is 33.9. The average molecular weight is 671 g/mol. The van der Waals surface area contributed by atoms with Crippen LogP contribution in [0.4, 0.5) is 8.78 Å². The molecule has 2 aromatic carbocycles. The number of oxime groups is 1. The maximum atomic E-state index is 14.9. The molecule has 5 rings (SSSR count). The molecule has 2 heterocycles. The first-order chi connectivity index (χ1) is 21.8. The molecule has 46 heavy (non-hydrogen) atoms. The van der Waals surface area contributed by atoms with Crippen molar-refractivity contribution in [2.45, 2.75) is 81.7 Å². The van der Waals surface area contributed by atoms with Gasteiger partial charge in [-0.3, -0.25) is 4.79 Å². The second-order valence-corrected chi connectivity index (χ2v) is 11.5. The Kier molecular flexibility index (Phi) is 10.4. The third-order valence-electron chi connectivity index (χ3n) is 7.89. The van der Waals surface area contributed by atoms with E-state index in [2.05, 4.69) is 10.5 Å². The molecule has 3 fully saturated rings. The molecule has 0 spiro atoms. The van der Waals surface area contributed by atoms with Gasteiger partial charge in [-0.05, 0) is 55.8 Å². The van der Waals surface area contributed by atoms with E-state index in [0.29, 0.717) is 11.1 Å². The summed E-state index contributed by atoms with van der Waals surface area (Å²) in [5.41, 5.74) is 0.863. The number of halogens is 3. The Balaban J connectivity index is 1.18. The molecule has 0 radical (unpaired) electrons. The maximum absolute atomic E-state index is 14.9. The number of nitrogens with zero attached hydrogens (tertiary/aromatic N) is 1. The minimum absolute atomic E-state index is 0.0685. The number of aromatic hydroxyl groups is 1. The number of hydrogen-bond acceptors (Lipinski definition) is 12. The molecule has 3 aliphatic rings. The second kappa shape index (κ2) is 14.1. The van der Waals surface area contributed by atoms with Crippen LogP contribution in [0.25, 0.3) is 6.08 Å². The maximum Gasteiger partial charge on any atom is 0.247 e. The molecule has 0 bridgehead atoms. The highest BCUT2D eigenvalue weighted by atomic mass is 35.5. The monoisotopic (exact) mass is 670 g/mol. The number of amides is 1. The largest absolute Gasteiger partial charge is 0.504 e. The van der Waals surface area contributed by atoms with Gasteiger partial charge in [0.05, 0.1) is 11.8 Å². The summed E-state index contributed by atoms with van der Waals surface area (Å²) in [5, 5.41) is 58.8. The van der Waals surface area contributed by atoms with Gasteiger partial charge in [-0.25, -0.2) is 8.78 Å². The molecule has 2 saturated heterocycles. The van der Waals surface area contributed by atoms with Gasteiger partial charge >= 0.3 is 0 Å². The number of carbonyl (C=O) groups is 1. The van der Waals surface area contributed by atoms with Gasteiger partial charge in [-0.2, -0.15) is 0 Å². The molecule has 13 nitrogen and oxygen atoms in total. The molecule has 10 atom stereocenters. The average Bonchev–Trinajstić information content (AvgIpc) is 3.62. The molecular formula is C30H33ClF2N2O11. The van der Waals surface area contributed by atoms with E-state index < -0.39 is 78.7 Å². The number of phenols is 1. The van der Waals surface area contributed by atoms with Gasteiger partial charge in [-0.1, -0.05) is 22.8 Å². The lowest BCUT2D eigenvalue weighted by Gasteiger charge is -2.41. The van der Waals surface area contributed by atoms with E-state index in [1.807, 2.05) is 0 Å². The van der Waals surface area contributed by atoms with E-state index in [-0.39, 0.29) is 35.5 Å². The Hall–Kier alpha value is -3.41. The number of carbonyl (C=O) groups excluding carboxylic acids is 1. The lowest BCUT2D eigenvalue weighted by atomic mass is 9.83. The number of rotatable bonds is 9. The SMILES string of the molecule is CC(=Cc1ccc(O[C@@H]2O[C@H](C(C)=NOCc3cc(F)ccc3Cl)[C@@H](O)[C@@H]2F)c(O)c1)C(=O)N[C@@H]1[C@H](O)[C@@H](O)[C@H]2OCO[C@H]2[C@@H]1O. The Labute approximate surface area is 266 Å². The van der Waals surface area contributed by atoms with Crippen molar-refractivity contribution in [3.05, 3.63) is 63.9 Å². The lowest BCUT2D eigenvalue weighted by Crippen LogP contribution is -2.67. The predicted octanol–water partition coefficient (Wildman–Crippen LogP) is 1.31. The summed E-state index contributed by atoms with van der Waals surface area (Å²) in [6, 6.07) is 6.48. The summed E-state index contributed by atoms with van der Waals surface area (Å²) in [6.45, 7) is 2.52. The fraction of sp³-hybridized carbons (Fsp3) is 0.467. The fourth-order valence-electron chi connectivity index (χ4n) is 5.36. The molecule has 250 valence electrons. The van der Waals surface area contributed by atoms with Crippen LogP contribution in [-0.2, 0) is 30.4 Å². The number of alkyl halides is 1. The minimum atomic E-state index is -2.03. The summed E-state index contributed by atoms with van der Waals surface area (Å²) >= 11 is 6.00. The molecule has 1 saturated carbocycles. The number of nitrogens with one attached hydrogen (secondary N) is 1. The third-order valence-corrected chi connectivity index (χ3v) is 8.26. The van der Waals surface area contributed by atoms with Crippen molar-refractivity contribution in [3.8, 4) is 11.5 Å². The smallest absolute Gasteiger partial charge is 0.247 e. The Bertz CT molecular complexity index is 1500. The zero-order valence-electron chi connectivity index (χ0n) is 24.5.